The fraction of sp³-hybridized carbons (Fsp3) is 0.0833. The summed E-state index contributed by atoms with van der Waals surface area (Å²) in [5, 5.41) is 12.8. The van der Waals surface area contributed by atoms with Crippen molar-refractivity contribution in [2.45, 2.75) is 0 Å². The van der Waals surface area contributed by atoms with Gasteiger partial charge in [-0.15, -0.1) is 15.3 Å². The van der Waals surface area contributed by atoms with Crippen molar-refractivity contribution in [3.63, 3.8) is 0 Å². The summed E-state index contributed by atoms with van der Waals surface area (Å²) in [6.07, 6.45) is 3.24. The molecule has 170 valence electrons. The maximum atomic E-state index is 12.2. The lowest BCUT2D eigenvalue weighted by Gasteiger charge is -2.05. The van der Waals surface area contributed by atoms with Crippen molar-refractivity contribution in [3.8, 4) is 17.1 Å². The number of carbonyl (C=O) groups excluding carboxylic acids is 2. The Hall–Kier alpha value is -4.37. The van der Waals surface area contributed by atoms with Gasteiger partial charge in [0.2, 0.25) is 0 Å². The Morgan fingerprint density at radius 2 is 1.62 bits per heavy atom. The lowest BCUT2D eigenvalue weighted by Crippen LogP contribution is -2.13. The lowest BCUT2D eigenvalue weighted by molar-refractivity contribution is 0.0573. The van der Waals surface area contributed by atoms with Gasteiger partial charge in [-0.3, -0.25) is 0 Å². The number of carbonyl (C=O) groups is 2. The molecule has 0 aliphatic heterocycles. The summed E-state index contributed by atoms with van der Waals surface area (Å²) in [6.45, 7) is 0. The highest BCUT2D eigenvalue weighted by atomic mass is 35.5. The maximum Gasteiger partial charge on any atom is 0.359 e. The molecule has 0 radical (unpaired) electrons. The summed E-state index contributed by atoms with van der Waals surface area (Å²) in [6, 6.07) is 18.0. The van der Waals surface area contributed by atoms with Gasteiger partial charge in [-0.2, -0.15) is 0 Å². The number of hydrogen-bond acceptors (Lipinski definition) is 8. The van der Waals surface area contributed by atoms with Crippen molar-refractivity contribution in [1.82, 2.24) is 25.0 Å². The third-order valence-electron chi connectivity index (χ3n) is 4.74. The Balaban J connectivity index is 1.81. The highest BCUT2D eigenvalue weighted by Crippen LogP contribution is 2.22. The molecular formula is C24H18ClN5O4. The number of esters is 2. The van der Waals surface area contributed by atoms with Gasteiger partial charge >= 0.3 is 11.9 Å². The fourth-order valence-electron chi connectivity index (χ4n) is 3.07. The Morgan fingerprint density at radius 1 is 0.912 bits per heavy atom. The number of halogens is 1. The molecule has 2 heterocycles. The number of para-hydroxylation sites is 1. The van der Waals surface area contributed by atoms with Gasteiger partial charge in [-0.05, 0) is 54.6 Å². The summed E-state index contributed by atoms with van der Waals surface area (Å²) in [5.74, 6) is -0.425. The summed E-state index contributed by atoms with van der Waals surface area (Å²) < 4.78 is 11.1. The number of aromatic nitrogens is 5. The minimum atomic E-state index is -0.699. The second kappa shape index (κ2) is 10.1. The fourth-order valence-corrected chi connectivity index (χ4v) is 3.20. The number of benzene rings is 2. The van der Waals surface area contributed by atoms with Crippen LogP contribution in [0.15, 0.2) is 60.7 Å². The topological polar surface area (TPSA) is 109 Å². The first kappa shape index (κ1) is 22.8. The second-order valence-corrected chi connectivity index (χ2v) is 7.33. The molecule has 0 saturated heterocycles. The molecule has 4 rings (SSSR count). The summed E-state index contributed by atoms with van der Waals surface area (Å²) in [4.78, 5) is 28.7. The van der Waals surface area contributed by atoms with Crippen LogP contribution < -0.4 is 0 Å². The molecule has 2 aromatic carbocycles. The van der Waals surface area contributed by atoms with Crippen LogP contribution in [-0.2, 0) is 9.47 Å². The van der Waals surface area contributed by atoms with Crippen LogP contribution in [0.3, 0.4) is 0 Å². The van der Waals surface area contributed by atoms with Gasteiger partial charge in [-0.25, -0.2) is 19.3 Å². The van der Waals surface area contributed by atoms with E-state index in [0.717, 1.165) is 11.3 Å². The van der Waals surface area contributed by atoms with E-state index in [1.54, 1.807) is 29.0 Å². The van der Waals surface area contributed by atoms with Crippen molar-refractivity contribution in [2.24, 2.45) is 0 Å². The van der Waals surface area contributed by atoms with Crippen LogP contribution in [-0.4, -0.2) is 51.1 Å². The van der Waals surface area contributed by atoms with Crippen molar-refractivity contribution in [3.05, 3.63) is 88.5 Å². The van der Waals surface area contributed by atoms with E-state index in [0.29, 0.717) is 22.2 Å². The van der Waals surface area contributed by atoms with Gasteiger partial charge in [0, 0.05) is 16.1 Å². The van der Waals surface area contributed by atoms with Crippen LogP contribution in [0, 0.1) is 0 Å². The molecule has 9 nitrogen and oxygen atoms in total. The molecule has 0 saturated carbocycles. The quantitative estimate of drug-likeness (QED) is 0.383. The number of methoxy groups -OCH3 is 2. The predicted molar refractivity (Wildman–Crippen MR) is 125 cm³/mol. The third kappa shape index (κ3) is 4.84. The van der Waals surface area contributed by atoms with Gasteiger partial charge in [0.15, 0.2) is 23.0 Å². The molecule has 0 aliphatic carbocycles. The zero-order chi connectivity index (χ0) is 24.1. The average Bonchev–Trinajstić information content (AvgIpc) is 3.31. The molecule has 0 spiro atoms. The zero-order valence-corrected chi connectivity index (χ0v) is 18.9. The van der Waals surface area contributed by atoms with Crippen LogP contribution in [0.4, 0.5) is 0 Å². The monoisotopic (exact) mass is 475 g/mol. The van der Waals surface area contributed by atoms with Gasteiger partial charge in [-0.1, -0.05) is 29.8 Å². The smallest absolute Gasteiger partial charge is 0.359 e. The Labute approximate surface area is 199 Å². The van der Waals surface area contributed by atoms with Crippen molar-refractivity contribution >= 4 is 35.7 Å². The molecule has 0 fully saturated rings. The minimum Gasteiger partial charge on any atom is -0.464 e. The molecule has 0 aliphatic rings. The van der Waals surface area contributed by atoms with Gasteiger partial charge < -0.3 is 9.47 Å². The van der Waals surface area contributed by atoms with E-state index in [2.05, 4.69) is 20.3 Å². The van der Waals surface area contributed by atoms with Gasteiger partial charge in [0.1, 0.15) is 0 Å². The number of ether oxygens (including phenoxy) is 2. The summed E-state index contributed by atoms with van der Waals surface area (Å²) in [5.41, 5.74) is 1.75. The number of hydrogen-bond donors (Lipinski definition) is 0. The predicted octanol–water partition coefficient (Wildman–Crippen LogP) is 4.12. The van der Waals surface area contributed by atoms with E-state index in [4.69, 9.17) is 21.1 Å². The van der Waals surface area contributed by atoms with Crippen molar-refractivity contribution in [2.75, 3.05) is 14.2 Å². The Morgan fingerprint density at radius 3 is 2.29 bits per heavy atom. The van der Waals surface area contributed by atoms with E-state index < -0.39 is 11.9 Å². The molecule has 34 heavy (non-hydrogen) atoms. The molecule has 2 aromatic heterocycles. The van der Waals surface area contributed by atoms with Crippen LogP contribution in [0.25, 0.3) is 29.2 Å². The van der Waals surface area contributed by atoms with E-state index >= 15 is 0 Å². The normalized spacial score (nSPS) is 10.9. The largest absolute Gasteiger partial charge is 0.464 e. The number of nitrogens with zero attached hydrogens (tertiary/aromatic N) is 5. The molecule has 0 bridgehead atoms. The van der Waals surface area contributed by atoms with E-state index in [1.807, 2.05) is 42.5 Å². The minimum absolute atomic E-state index is 0.0545. The van der Waals surface area contributed by atoms with Gasteiger partial charge in [0.25, 0.3) is 0 Å². The second-order valence-electron chi connectivity index (χ2n) is 6.90. The molecule has 0 atom stereocenters. The molecule has 4 aromatic rings. The van der Waals surface area contributed by atoms with Gasteiger partial charge in [0.05, 0.1) is 19.9 Å². The van der Waals surface area contributed by atoms with Crippen LogP contribution in [0.1, 0.15) is 32.4 Å². The van der Waals surface area contributed by atoms with Crippen molar-refractivity contribution in [1.29, 1.82) is 0 Å². The molecule has 10 heteroatoms. The molecule has 0 N–H and O–H groups in total. The standard InChI is InChI=1S/C24H18ClN5O4/c1-33-23(31)19-14-16(21(28-27-19)24(32)34-2)10-13-20-26-22(15-8-11-17(25)12-9-15)29-30(20)18-6-4-3-5-7-18/h3-14H,1-2H3/b13-10-. The van der Waals surface area contributed by atoms with E-state index in [1.165, 1.54) is 20.3 Å². The van der Waals surface area contributed by atoms with Crippen LogP contribution >= 0.6 is 11.6 Å². The Kier molecular flexibility index (Phi) is 6.74. The highest BCUT2D eigenvalue weighted by molar-refractivity contribution is 6.30. The molecule has 0 amide bonds. The third-order valence-corrected chi connectivity index (χ3v) is 5.00. The van der Waals surface area contributed by atoms with Crippen molar-refractivity contribution < 1.29 is 19.1 Å². The SMILES string of the molecule is COC(=O)c1cc(/C=C\c2nc(-c3ccc(Cl)cc3)nn2-c2ccccc2)c(C(=O)OC)nn1. The first-order valence-corrected chi connectivity index (χ1v) is 10.4. The zero-order valence-electron chi connectivity index (χ0n) is 18.2. The lowest BCUT2D eigenvalue weighted by atomic mass is 10.1. The maximum absolute atomic E-state index is 12.2. The van der Waals surface area contributed by atoms with E-state index in [-0.39, 0.29) is 11.4 Å². The molecular weight excluding hydrogens is 458 g/mol. The first-order chi connectivity index (χ1) is 16.5. The molecule has 0 unspecified atom stereocenters. The summed E-state index contributed by atoms with van der Waals surface area (Å²) in [7, 11) is 2.46. The number of rotatable bonds is 6. The van der Waals surface area contributed by atoms with Crippen LogP contribution in [0.2, 0.25) is 5.02 Å². The van der Waals surface area contributed by atoms with E-state index in [9.17, 15) is 9.59 Å². The Bertz CT molecular complexity index is 1370. The summed E-state index contributed by atoms with van der Waals surface area (Å²) >= 11 is 6.01. The highest BCUT2D eigenvalue weighted by Gasteiger charge is 2.18. The first-order valence-electron chi connectivity index (χ1n) is 10.0. The average molecular weight is 476 g/mol. The van der Waals surface area contributed by atoms with Crippen LogP contribution in [0.5, 0.6) is 0 Å².